The number of fused-ring (bicyclic) bond motifs is 1. The summed E-state index contributed by atoms with van der Waals surface area (Å²) in [6, 6.07) is 11.6. The highest BCUT2D eigenvalue weighted by atomic mass is 16.5. The Morgan fingerprint density at radius 2 is 1.93 bits per heavy atom. The summed E-state index contributed by atoms with van der Waals surface area (Å²) in [5.74, 6) is 0.936. The van der Waals surface area contributed by atoms with E-state index in [9.17, 15) is 0 Å². The van der Waals surface area contributed by atoms with Crippen LogP contribution in [0, 0.1) is 6.92 Å². The third-order valence-corrected chi connectivity index (χ3v) is 5.63. The third kappa shape index (κ3) is 3.81. The third-order valence-electron chi connectivity index (χ3n) is 5.63. The van der Waals surface area contributed by atoms with E-state index >= 15 is 0 Å². The summed E-state index contributed by atoms with van der Waals surface area (Å²) in [5, 5.41) is 7.30. The van der Waals surface area contributed by atoms with Gasteiger partial charge in [-0.25, -0.2) is 0 Å². The van der Waals surface area contributed by atoms with E-state index < -0.39 is 0 Å². The normalized spacial score (nSPS) is 16.9. The molecule has 0 radical (unpaired) electrons. The number of ether oxygens (including phenoxy) is 1. The van der Waals surface area contributed by atoms with Crippen LogP contribution in [-0.4, -0.2) is 38.2 Å². The summed E-state index contributed by atoms with van der Waals surface area (Å²) in [6.07, 6.45) is 6.74. The van der Waals surface area contributed by atoms with E-state index in [1.165, 1.54) is 40.8 Å². The highest BCUT2D eigenvalue weighted by molar-refractivity contribution is 5.77. The Kier molecular flexibility index (Phi) is 5.08. The molecule has 0 spiro atoms. The second-order valence-corrected chi connectivity index (χ2v) is 7.68. The Bertz CT molecular complexity index is 853. The first-order valence-corrected chi connectivity index (χ1v) is 9.81. The average molecular weight is 364 g/mol. The molecule has 2 N–H and O–H groups in total. The van der Waals surface area contributed by atoms with E-state index in [-0.39, 0.29) is 0 Å². The molecule has 27 heavy (non-hydrogen) atoms. The van der Waals surface area contributed by atoms with E-state index in [4.69, 9.17) is 4.74 Å². The van der Waals surface area contributed by atoms with Gasteiger partial charge >= 0.3 is 0 Å². The molecule has 4 heteroatoms. The van der Waals surface area contributed by atoms with E-state index in [1.807, 2.05) is 0 Å². The number of hydrogen-bond acceptors (Lipinski definition) is 4. The van der Waals surface area contributed by atoms with Crippen molar-refractivity contribution >= 4 is 11.8 Å². The first kappa shape index (κ1) is 17.9. The molecule has 1 saturated heterocycles. The predicted octanol–water partition coefficient (Wildman–Crippen LogP) is 4.25. The van der Waals surface area contributed by atoms with Crippen LogP contribution in [-0.2, 0) is 6.54 Å². The van der Waals surface area contributed by atoms with Gasteiger partial charge in [-0.2, -0.15) is 0 Å². The summed E-state index contributed by atoms with van der Waals surface area (Å²) in [5.41, 5.74) is 7.64. The second-order valence-electron chi connectivity index (χ2n) is 7.68. The molecular weight excluding hydrogens is 334 g/mol. The van der Waals surface area contributed by atoms with Crippen molar-refractivity contribution in [2.75, 3.05) is 32.6 Å². The Morgan fingerprint density at radius 1 is 1.11 bits per heavy atom. The summed E-state index contributed by atoms with van der Waals surface area (Å²) in [7, 11) is 3.86. The van der Waals surface area contributed by atoms with Gasteiger partial charge in [0.25, 0.3) is 0 Å². The summed E-state index contributed by atoms with van der Waals surface area (Å²) in [6.45, 7) is 5.24. The molecule has 0 aromatic heterocycles. The number of anilines is 1. The van der Waals surface area contributed by atoms with Crippen LogP contribution in [0.3, 0.4) is 0 Å². The smallest absolute Gasteiger partial charge is 0.121 e. The van der Waals surface area contributed by atoms with Gasteiger partial charge in [-0.15, -0.1) is 0 Å². The quantitative estimate of drug-likeness (QED) is 0.851. The molecule has 0 atom stereocenters. The Labute approximate surface area is 162 Å². The molecule has 0 bridgehead atoms. The number of hydrogen-bond donors (Lipinski definition) is 2. The number of methoxy groups -OCH3 is 1. The molecule has 0 aliphatic carbocycles. The largest absolute Gasteiger partial charge is 0.496 e. The zero-order valence-corrected chi connectivity index (χ0v) is 16.5. The molecule has 2 heterocycles. The van der Waals surface area contributed by atoms with Gasteiger partial charge in [0.1, 0.15) is 5.75 Å². The highest BCUT2D eigenvalue weighted by Crippen LogP contribution is 2.35. The maximum absolute atomic E-state index is 5.43. The van der Waals surface area contributed by atoms with Crippen LogP contribution in [0.2, 0.25) is 0 Å². The number of nitrogens with one attached hydrogen (secondary N) is 2. The molecule has 2 aliphatic heterocycles. The molecule has 4 rings (SSSR count). The van der Waals surface area contributed by atoms with Crippen LogP contribution in [0.25, 0.3) is 17.2 Å². The SMILES string of the molecule is COc1ccc(-c2cc3c(c(NC4CCNCC4)c2)CN(C)C=C3)cc1C. The fourth-order valence-electron chi connectivity index (χ4n) is 4.07. The maximum atomic E-state index is 5.43. The lowest BCUT2D eigenvalue weighted by Gasteiger charge is -2.29. The summed E-state index contributed by atoms with van der Waals surface area (Å²) >= 11 is 0. The molecular formula is C23H29N3O. The average Bonchev–Trinajstić information content (AvgIpc) is 2.69. The molecule has 2 aliphatic rings. The maximum Gasteiger partial charge on any atom is 0.121 e. The molecule has 0 amide bonds. The van der Waals surface area contributed by atoms with Gasteiger partial charge in [0.2, 0.25) is 0 Å². The molecule has 1 fully saturated rings. The van der Waals surface area contributed by atoms with Crippen LogP contribution in [0.15, 0.2) is 36.5 Å². The Hall–Kier alpha value is -2.46. The number of aryl methyl sites for hydroxylation is 1. The number of benzene rings is 2. The van der Waals surface area contributed by atoms with Gasteiger partial charge in [-0.1, -0.05) is 6.07 Å². The molecule has 0 unspecified atom stereocenters. The lowest BCUT2D eigenvalue weighted by atomic mass is 9.94. The van der Waals surface area contributed by atoms with Crippen molar-refractivity contribution in [3.05, 3.63) is 53.2 Å². The van der Waals surface area contributed by atoms with E-state index in [0.29, 0.717) is 6.04 Å². The minimum Gasteiger partial charge on any atom is -0.496 e. The number of nitrogens with zero attached hydrogens (tertiary/aromatic N) is 1. The van der Waals surface area contributed by atoms with Crippen molar-refractivity contribution < 1.29 is 4.74 Å². The summed E-state index contributed by atoms with van der Waals surface area (Å²) in [4.78, 5) is 2.24. The van der Waals surface area contributed by atoms with Crippen LogP contribution < -0.4 is 15.4 Å². The topological polar surface area (TPSA) is 36.5 Å². The number of rotatable bonds is 4. The Balaban J connectivity index is 1.74. The van der Waals surface area contributed by atoms with Gasteiger partial charge < -0.3 is 20.3 Å². The summed E-state index contributed by atoms with van der Waals surface area (Å²) < 4.78 is 5.43. The standard InChI is InChI=1S/C23H29N3O/c1-16-12-17(4-5-23(16)27-3)19-13-18-8-11-26(2)15-21(18)22(14-19)25-20-6-9-24-10-7-20/h4-5,8,11-14,20,24-25H,6-7,9-10,15H2,1-3H3. The fourth-order valence-corrected chi connectivity index (χ4v) is 4.07. The molecule has 0 saturated carbocycles. The van der Waals surface area contributed by atoms with Crippen LogP contribution in [0.5, 0.6) is 5.75 Å². The Morgan fingerprint density at radius 3 is 2.67 bits per heavy atom. The van der Waals surface area contributed by atoms with Crippen LogP contribution >= 0.6 is 0 Å². The lowest BCUT2D eigenvalue weighted by Crippen LogP contribution is -2.35. The zero-order valence-electron chi connectivity index (χ0n) is 16.5. The van der Waals surface area contributed by atoms with Crippen molar-refractivity contribution in [1.82, 2.24) is 10.2 Å². The second kappa shape index (κ2) is 7.65. The van der Waals surface area contributed by atoms with Crippen LogP contribution in [0.4, 0.5) is 5.69 Å². The van der Waals surface area contributed by atoms with E-state index in [2.05, 4.69) is 72.1 Å². The van der Waals surface area contributed by atoms with E-state index in [0.717, 1.165) is 30.9 Å². The van der Waals surface area contributed by atoms with E-state index in [1.54, 1.807) is 7.11 Å². The zero-order chi connectivity index (χ0) is 18.8. The van der Waals surface area contributed by atoms with Crippen molar-refractivity contribution in [2.45, 2.75) is 32.4 Å². The molecule has 2 aromatic rings. The lowest BCUT2D eigenvalue weighted by molar-refractivity contribution is 0.412. The minimum atomic E-state index is 0.541. The molecule has 4 nitrogen and oxygen atoms in total. The molecule has 2 aromatic carbocycles. The van der Waals surface area contributed by atoms with Gasteiger partial charge in [0.15, 0.2) is 0 Å². The minimum absolute atomic E-state index is 0.541. The van der Waals surface area contributed by atoms with Crippen molar-refractivity contribution in [3.63, 3.8) is 0 Å². The van der Waals surface area contributed by atoms with Crippen molar-refractivity contribution in [2.24, 2.45) is 0 Å². The monoisotopic (exact) mass is 363 g/mol. The first-order chi connectivity index (χ1) is 13.1. The van der Waals surface area contributed by atoms with Crippen molar-refractivity contribution in [3.8, 4) is 16.9 Å². The van der Waals surface area contributed by atoms with Gasteiger partial charge in [0, 0.05) is 30.9 Å². The number of piperidine rings is 1. The van der Waals surface area contributed by atoms with Gasteiger partial charge in [-0.3, -0.25) is 0 Å². The fraction of sp³-hybridized carbons (Fsp3) is 0.391. The van der Waals surface area contributed by atoms with Crippen LogP contribution in [0.1, 0.15) is 29.5 Å². The first-order valence-electron chi connectivity index (χ1n) is 9.81. The highest BCUT2D eigenvalue weighted by Gasteiger charge is 2.19. The predicted molar refractivity (Wildman–Crippen MR) is 113 cm³/mol. The molecule has 142 valence electrons. The van der Waals surface area contributed by atoms with Gasteiger partial charge in [0.05, 0.1) is 7.11 Å². The van der Waals surface area contributed by atoms with Crippen molar-refractivity contribution in [1.29, 1.82) is 0 Å². The van der Waals surface area contributed by atoms with Gasteiger partial charge in [-0.05, 0) is 91.7 Å².